The third-order valence-corrected chi connectivity index (χ3v) is 3.00. The van der Waals surface area contributed by atoms with E-state index in [2.05, 4.69) is 4.98 Å². The molecule has 0 saturated heterocycles. The summed E-state index contributed by atoms with van der Waals surface area (Å²) in [6.45, 7) is 1.52. The summed E-state index contributed by atoms with van der Waals surface area (Å²) in [6.07, 6.45) is 5.39. The zero-order valence-electron chi connectivity index (χ0n) is 10.7. The van der Waals surface area contributed by atoms with E-state index in [0.717, 1.165) is 6.20 Å². The van der Waals surface area contributed by atoms with Gasteiger partial charge in [0.25, 0.3) is 5.69 Å². The maximum atomic E-state index is 10.7. The van der Waals surface area contributed by atoms with Gasteiger partial charge in [-0.25, -0.2) is 4.98 Å². The maximum absolute atomic E-state index is 10.7. The van der Waals surface area contributed by atoms with Crippen molar-refractivity contribution < 1.29 is 14.5 Å². The highest BCUT2D eigenvalue weighted by atomic mass is 32.2. The van der Waals surface area contributed by atoms with Crippen LogP contribution in [0.5, 0.6) is 5.88 Å². The third-order valence-electron chi connectivity index (χ3n) is 2.16. The Labute approximate surface area is 115 Å². The topological polar surface area (TPSA) is 82.3 Å². The molecule has 0 atom stereocenters. The second-order valence-corrected chi connectivity index (χ2v) is 4.85. The second-order valence-electron chi connectivity index (χ2n) is 3.58. The third kappa shape index (κ3) is 5.09. The molecule has 19 heavy (non-hydrogen) atoms. The summed E-state index contributed by atoms with van der Waals surface area (Å²) < 4.78 is 5.03. The minimum Gasteiger partial charge on any atom is -0.481 e. The quantitative estimate of drug-likeness (QED) is 0.453. The minimum atomic E-state index is -0.505. The molecule has 6 nitrogen and oxygen atoms in total. The molecule has 0 aliphatic heterocycles. The van der Waals surface area contributed by atoms with Crippen LogP contribution in [0.4, 0.5) is 5.69 Å². The van der Waals surface area contributed by atoms with Crippen molar-refractivity contribution in [3.63, 3.8) is 0 Å². The highest BCUT2D eigenvalue weighted by Gasteiger charge is 2.10. The average Bonchev–Trinajstić information content (AvgIpc) is 2.37. The number of rotatable bonds is 6. The number of nitrogens with zero attached hydrogens (tertiary/aromatic N) is 2. The average molecular weight is 282 g/mol. The van der Waals surface area contributed by atoms with Crippen LogP contribution >= 0.6 is 11.8 Å². The first-order valence-electron chi connectivity index (χ1n) is 5.53. The molecule has 0 bridgehead atoms. The van der Waals surface area contributed by atoms with Crippen LogP contribution in [-0.2, 0) is 4.79 Å². The van der Waals surface area contributed by atoms with Crippen LogP contribution in [-0.4, -0.2) is 27.9 Å². The molecular weight excluding hydrogens is 268 g/mol. The molecule has 0 amide bonds. The predicted molar refractivity (Wildman–Crippen MR) is 74.2 cm³/mol. The molecule has 0 spiro atoms. The number of carbonyl (C=O) groups excluding carboxylic acids is 1. The molecule has 7 heteroatoms. The van der Waals surface area contributed by atoms with Crippen molar-refractivity contribution in [1.82, 2.24) is 4.98 Å². The van der Waals surface area contributed by atoms with Gasteiger partial charge < -0.3 is 4.74 Å². The molecule has 0 fully saturated rings. The smallest absolute Gasteiger partial charge is 0.288 e. The first-order chi connectivity index (χ1) is 9.04. The second kappa shape index (κ2) is 7.52. The Kier molecular flexibility index (Phi) is 6.01. The molecule has 102 valence electrons. The summed E-state index contributed by atoms with van der Waals surface area (Å²) in [5.74, 6) is 1.01. The van der Waals surface area contributed by atoms with E-state index in [0.29, 0.717) is 23.6 Å². The Morgan fingerprint density at radius 2 is 2.37 bits per heavy atom. The Morgan fingerprint density at radius 3 is 2.95 bits per heavy atom. The van der Waals surface area contributed by atoms with Crippen molar-refractivity contribution in [1.29, 1.82) is 0 Å². The molecular formula is C12H14N2O4S. The maximum Gasteiger partial charge on any atom is 0.288 e. The molecule has 1 heterocycles. The molecule has 1 rings (SSSR count). The number of ether oxygens (including phenoxy) is 1. The van der Waals surface area contributed by atoms with Gasteiger partial charge in [0.05, 0.1) is 12.0 Å². The van der Waals surface area contributed by atoms with Crippen molar-refractivity contribution in [2.75, 3.05) is 12.9 Å². The highest BCUT2D eigenvalue weighted by molar-refractivity contribution is 8.13. The number of methoxy groups -OCH3 is 1. The highest BCUT2D eigenvalue weighted by Crippen LogP contribution is 2.22. The van der Waals surface area contributed by atoms with Crippen LogP contribution in [0.15, 0.2) is 18.3 Å². The summed E-state index contributed by atoms with van der Waals surface area (Å²) in [4.78, 5) is 24.8. The van der Waals surface area contributed by atoms with Gasteiger partial charge in [-0.05, 0) is 6.42 Å². The van der Waals surface area contributed by atoms with E-state index >= 15 is 0 Å². The minimum absolute atomic E-state index is 0.0722. The van der Waals surface area contributed by atoms with Crippen molar-refractivity contribution in [2.45, 2.75) is 13.3 Å². The number of hydrogen-bond acceptors (Lipinski definition) is 6. The number of aromatic nitrogens is 1. The van der Waals surface area contributed by atoms with Crippen LogP contribution < -0.4 is 4.74 Å². The monoisotopic (exact) mass is 282 g/mol. The Balaban J connectivity index is 2.74. The first-order valence-corrected chi connectivity index (χ1v) is 6.51. The van der Waals surface area contributed by atoms with Crippen molar-refractivity contribution in [3.8, 4) is 5.88 Å². The normalized spacial score (nSPS) is 10.6. The van der Waals surface area contributed by atoms with Gasteiger partial charge in [-0.15, -0.1) is 0 Å². The fraction of sp³-hybridized carbons (Fsp3) is 0.333. The van der Waals surface area contributed by atoms with E-state index in [-0.39, 0.29) is 10.8 Å². The standard InChI is InChI=1S/C12H14N2O4S/c1-9(15)19-6-4-3-5-10-7-11(14(16)17)8-13-12(10)18-2/h3,5,7-8H,4,6H2,1-2H3. The first kappa shape index (κ1) is 15.2. The van der Waals surface area contributed by atoms with E-state index in [1.807, 2.05) is 6.08 Å². The van der Waals surface area contributed by atoms with Gasteiger partial charge in [0.15, 0.2) is 5.12 Å². The number of hydrogen-bond donors (Lipinski definition) is 0. The number of carbonyl (C=O) groups is 1. The van der Waals surface area contributed by atoms with Crippen LogP contribution in [0.3, 0.4) is 0 Å². The largest absolute Gasteiger partial charge is 0.481 e. The lowest BCUT2D eigenvalue weighted by Gasteiger charge is -2.02. The number of pyridine rings is 1. The van der Waals surface area contributed by atoms with Crippen molar-refractivity contribution in [3.05, 3.63) is 34.0 Å². The summed E-state index contributed by atoms with van der Waals surface area (Å²) >= 11 is 1.24. The lowest BCUT2D eigenvalue weighted by Crippen LogP contribution is -1.95. The molecule has 1 aromatic rings. The van der Waals surface area contributed by atoms with Gasteiger partial charge in [0.2, 0.25) is 5.88 Å². The van der Waals surface area contributed by atoms with Gasteiger partial charge in [-0.1, -0.05) is 23.9 Å². The van der Waals surface area contributed by atoms with E-state index in [4.69, 9.17) is 4.74 Å². The Bertz CT molecular complexity index is 503. The summed E-state index contributed by atoms with van der Waals surface area (Å²) in [5.41, 5.74) is 0.461. The molecule has 0 aromatic carbocycles. The molecule has 0 aliphatic rings. The van der Waals surface area contributed by atoms with Gasteiger partial charge in [0.1, 0.15) is 6.20 Å². The molecule has 0 unspecified atom stereocenters. The summed E-state index contributed by atoms with van der Waals surface area (Å²) in [6, 6.07) is 1.40. The molecule has 0 radical (unpaired) electrons. The van der Waals surface area contributed by atoms with E-state index < -0.39 is 4.92 Å². The number of allylic oxidation sites excluding steroid dienone is 1. The van der Waals surface area contributed by atoms with Gasteiger partial charge in [-0.3, -0.25) is 14.9 Å². The van der Waals surface area contributed by atoms with E-state index in [9.17, 15) is 14.9 Å². The van der Waals surface area contributed by atoms with Crippen molar-refractivity contribution in [2.24, 2.45) is 0 Å². The van der Waals surface area contributed by atoms with Crippen molar-refractivity contribution >= 4 is 28.6 Å². The SMILES string of the molecule is COc1ncc([N+](=O)[O-])cc1C=CCCSC(C)=O. The number of thioether (sulfide) groups is 1. The van der Waals surface area contributed by atoms with Crippen LogP contribution in [0, 0.1) is 10.1 Å². The zero-order chi connectivity index (χ0) is 14.3. The molecule has 0 saturated carbocycles. The fourth-order valence-corrected chi connectivity index (χ4v) is 1.87. The van der Waals surface area contributed by atoms with E-state index in [1.165, 1.54) is 31.9 Å². The molecule has 1 aromatic heterocycles. The van der Waals surface area contributed by atoms with Gasteiger partial charge in [0, 0.05) is 24.3 Å². The molecule has 0 aliphatic carbocycles. The van der Waals surface area contributed by atoms with Gasteiger partial charge >= 0.3 is 0 Å². The summed E-state index contributed by atoms with van der Waals surface area (Å²) in [5, 5.41) is 10.7. The fourth-order valence-electron chi connectivity index (χ4n) is 1.33. The Morgan fingerprint density at radius 1 is 1.63 bits per heavy atom. The van der Waals surface area contributed by atoms with E-state index in [1.54, 1.807) is 6.08 Å². The van der Waals surface area contributed by atoms with Gasteiger partial charge in [-0.2, -0.15) is 0 Å². The van der Waals surface area contributed by atoms with Crippen LogP contribution in [0.1, 0.15) is 18.9 Å². The zero-order valence-corrected chi connectivity index (χ0v) is 11.5. The number of nitro groups is 1. The van der Waals surface area contributed by atoms with Crippen LogP contribution in [0.2, 0.25) is 0 Å². The lowest BCUT2D eigenvalue weighted by atomic mass is 10.2. The lowest BCUT2D eigenvalue weighted by molar-refractivity contribution is -0.385. The predicted octanol–water partition coefficient (Wildman–Crippen LogP) is 2.68. The Hall–Kier alpha value is -1.89. The summed E-state index contributed by atoms with van der Waals surface area (Å²) in [7, 11) is 1.46. The molecule has 0 N–H and O–H groups in total. The van der Waals surface area contributed by atoms with Crippen LogP contribution in [0.25, 0.3) is 6.08 Å².